The molecule has 0 spiro atoms. The van der Waals surface area contributed by atoms with Crippen LogP contribution in [0.2, 0.25) is 0 Å². The van der Waals surface area contributed by atoms with E-state index >= 15 is 0 Å². The van der Waals surface area contributed by atoms with E-state index in [2.05, 4.69) is 83.1 Å². The third-order valence-electron chi connectivity index (χ3n) is 4.84. The van der Waals surface area contributed by atoms with Gasteiger partial charge in [0, 0.05) is 0 Å². The van der Waals surface area contributed by atoms with Crippen LogP contribution in [-0.4, -0.2) is 17.1 Å². The maximum Gasteiger partial charge on any atom is 0.320 e. The monoisotopic (exact) mass is 365 g/mol. The molecule has 0 heterocycles. The summed E-state index contributed by atoms with van der Waals surface area (Å²) < 4.78 is 0. The van der Waals surface area contributed by atoms with Crippen molar-refractivity contribution in [3.63, 3.8) is 0 Å². The second kappa shape index (κ2) is 8.53. The van der Waals surface area contributed by atoms with Gasteiger partial charge in [-0.05, 0) is 45.6 Å². The molecule has 2 aromatic rings. The Morgan fingerprint density at radius 2 is 1.48 bits per heavy atom. The van der Waals surface area contributed by atoms with Gasteiger partial charge in [-0.3, -0.25) is 4.79 Å². The summed E-state index contributed by atoms with van der Waals surface area (Å²) in [6.07, 6.45) is 2.23. The second-order valence-electron chi connectivity index (χ2n) is 8.40. The van der Waals surface area contributed by atoms with Gasteiger partial charge in [-0.15, -0.1) is 0 Å². The number of aliphatic carboxylic acids is 1. The molecule has 1 atom stereocenters. The number of nitrogens with two attached hydrogens (primary N) is 1. The Hall–Kier alpha value is -2.39. The first-order valence-corrected chi connectivity index (χ1v) is 9.49. The minimum Gasteiger partial charge on any atom is -0.480 e. The van der Waals surface area contributed by atoms with Gasteiger partial charge in [0.25, 0.3) is 0 Å². The Morgan fingerprint density at radius 1 is 1.00 bits per heavy atom. The largest absolute Gasteiger partial charge is 0.480 e. The fraction of sp³-hybridized carbons (Fsp3) is 0.375. The summed E-state index contributed by atoms with van der Waals surface area (Å²) in [5.74, 6) is -0.512. The van der Waals surface area contributed by atoms with Crippen LogP contribution in [0.1, 0.15) is 69.2 Å². The lowest BCUT2D eigenvalue weighted by Gasteiger charge is -2.20. The first-order chi connectivity index (χ1) is 12.6. The van der Waals surface area contributed by atoms with E-state index in [1.54, 1.807) is 0 Å². The molecule has 0 aliphatic rings. The molecule has 2 aromatic carbocycles. The number of benzene rings is 2. The Bertz CT molecular complexity index is 794. The van der Waals surface area contributed by atoms with E-state index in [4.69, 9.17) is 10.8 Å². The van der Waals surface area contributed by atoms with Crippen molar-refractivity contribution in [1.82, 2.24) is 0 Å². The predicted molar refractivity (Wildman–Crippen MR) is 113 cm³/mol. The van der Waals surface area contributed by atoms with Gasteiger partial charge in [-0.1, -0.05) is 89.2 Å². The van der Waals surface area contributed by atoms with Crippen LogP contribution in [0.15, 0.2) is 54.6 Å². The zero-order valence-corrected chi connectivity index (χ0v) is 17.0. The van der Waals surface area contributed by atoms with E-state index < -0.39 is 12.0 Å². The van der Waals surface area contributed by atoms with Crippen LogP contribution in [0.25, 0.3) is 5.57 Å². The van der Waals surface area contributed by atoms with Crippen molar-refractivity contribution in [2.75, 3.05) is 0 Å². The molecular formula is C24H31NO2. The van der Waals surface area contributed by atoms with Crippen LogP contribution in [0, 0.1) is 0 Å². The molecule has 3 nitrogen and oxygen atoms in total. The normalized spacial score (nSPS) is 13.7. The number of hydrogen-bond donors (Lipinski definition) is 2. The third kappa shape index (κ3) is 5.54. The molecule has 0 radical (unpaired) electrons. The van der Waals surface area contributed by atoms with Crippen molar-refractivity contribution in [2.24, 2.45) is 5.73 Å². The summed E-state index contributed by atoms with van der Waals surface area (Å²) in [6, 6.07) is 16.1. The number of carboxylic acid groups (broad SMARTS) is 1. The smallest absolute Gasteiger partial charge is 0.320 e. The predicted octanol–water partition coefficient (Wildman–Crippen LogP) is 5.34. The molecule has 0 aliphatic carbocycles. The summed E-state index contributed by atoms with van der Waals surface area (Å²) >= 11 is 0. The summed E-state index contributed by atoms with van der Waals surface area (Å²) in [4.78, 5) is 11.1. The van der Waals surface area contributed by atoms with E-state index in [1.807, 2.05) is 6.08 Å². The van der Waals surface area contributed by atoms with Crippen molar-refractivity contribution in [3.8, 4) is 0 Å². The van der Waals surface area contributed by atoms with Gasteiger partial charge in [0.1, 0.15) is 6.04 Å². The topological polar surface area (TPSA) is 63.3 Å². The summed E-state index contributed by atoms with van der Waals surface area (Å²) in [5.41, 5.74) is 11.5. The zero-order chi connectivity index (χ0) is 20.2. The quantitative estimate of drug-likeness (QED) is 0.726. The zero-order valence-electron chi connectivity index (χ0n) is 17.0. The van der Waals surface area contributed by atoms with Gasteiger partial charge < -0.3 is 10.8 Å². The van der Waals surface area contributed by atoms with Crippen molar-refractivity contribution < 1.29 is 9.90 Å². The molecule has 144 valence electrons. The fourth-order valence-electron chi connectivity index (χ4n) is 2.95. The number of carbonyl (C=O) groups is 1. The van der Waals surface area contributed by atoms with Crippen molar-refractivity contribution >= 4 is 11.5 Å². The molecule has 0 fully saturated rings. The average molecular weight is 366 g/mol. The maximum absolute atomic E-state index is 11.1. The Morgan fingerprint density at radius 3 is 1.89 bits per heavy atom. The maximum atomic E-state index is 11.1. The number of carboxylic acids is 1. The second-order valence-corrected chi connectivity index (χ2v) is 8.40. The lowest BCUT2D eigenvalue weighted by Crippen LogP contribution is -2.29. The molecule has 27 heavy (non-hydrogen) atoms. The number of hydrogen-bond acceptors (Lipinski definition) is 2. The minimum absolute atomic E-state index is 0.0903. The minimum atomic E-state index is -0.983. The molecule has 0 amide bonds. The average Bonchev–Trinajstić information content (AvgIpc) is 2.61. The van der Waals surface area contributed by atoms with Crippen LogP contribution < -0.4 is 5.73 Å². The highest BCUT2D eigenvalue weighted by atomic mass is 16.4. The molecule has 3 heteroatoms. The summed E-state index contributed by atoms with van der Waals surface area (Å²) in [7, 11) is 0. The molecular weight excluding hydrogens is 334 g/mol. The highest BCUT2D eigenvalue weighted by Gasteiger charge is 2.15. The van der Waals surface area contributed by atoms with Crippen LogP contribution in [0.5, 0.6) is 0 Å². The Balaban J connectivity index is 2.43. The van der Waals surface area contributed by atoms with E-state index in [9.17, 15) is 4.79 Å². The van der Waals surface area contributed by atoms with Gasteiger partial charge >= 0.3 is 5.97 Å². The van der Waals surface area contributed by atoms with E-state index in [-0.39, 0.29) is 11.8 Å². The molecule has 0 aliphatic heterocycles. The summed E-state index contributed by atoms with van der Waals surface area (Å²) in [5, 5.41) is 9.11. The van der Waals surface area contributed by atoms with Crippen molar-refractivity contribution in [3.05, 3.63) is 76.9 Å². The molecule has 0 aromatic heterocycles. The van der Waals surface area contributed by atoms with Crippen LogP contribution in [0.4, 0.5) is 0 Å². The highest BCUT2D eigenvalue weighted by molar-refractivity contribution is 5.81. The van der Waals surface area contributed by atoms with Crippen LogP contribution in [-0.2, 0) is 10.2 Å². The van der Waals surface area contributed by atoms with E-state index in [1.165, 1.54) is 11.1 Å². The van der Waals surface area contributed by atoms with Gasteiger partial charge in [0.05, 0.1) is 0 Å². The van der Waals surface area contributed by atoms with Gasteiger partial charge in [0.2, 0.25) is 0 Å². The molecule has 1 unspecified atom stereocenters. The Labute approximate surface area is 162 Å². The van der Waals surface area contributed by atoms with Crippen molar-refractivity contribution in [2.45, 2.75) is 58.4 Å². The van der Waals surface area contributed by atoms with Gasteiger partial charge in [-0.2, -0.15) is 0 Å². The van der Waals surface area contributed by atoms with E-state index in [0.717, 1.165) is 16.7 Å². The molecule has 0 saturated carbocycles. The van der Waals surface area contributed by atoms with E-state index in [0.29, 0.717) is 5.92 Å². The summed E-state index contributed by atoms with van der Waals surface area (Å²) in [6.45, 7) is 10.9. The molecule has 0 bridgehead atoms. The van der Waals surface area contributed by atoms with Gasteiger partial charge in [0.15, 0.2) is 0 Å². The van der Waals surface area contributed by atoms with Crippen LogP contribution >= 0.6 is 0 Å². The number of rotatable bonds is 6. The first kappa shape index (κ1) is 20.9. The SMILES string of the molecule is CC(C)c1ccc(/C(=C\CC(N)C(=O)O)c2ccc(C(C)(C)C)cc2)cc1. The molecule has 3 N–H and O–H groups in total. The van der Waals surface area contributed by atoms with Gasteiger partial charge in [-0.25, -0.2) is 0 Å². The van der Waals surface area contributed by atoms with Crippen LogP contribution in [0.3, 0.4) is 0 Å². The fourth-order valence-corrected chi connectivity index (χ4v) is 2.95. The first-order valence-electron chi connectivity index (χ1n) is 9.49. The Kier molecular flexibility index (Phi) is 6.61. The lowest BCUT2D eigenvalue weighted by atomic mass is 9.85. The van der Waals surface area contributed by atoms with Crippen molar-refractivity contribution in [1.29, 1.82) is 0 Å². The lowest BCUT2D eigenvalue weighted by molar-refractivity contribution is -0.138. The standard InChI is InChI=1S/C24H31NO2/c1-16(2)17-6-8-18(9-7-17)21(14-15-22(25)23(26)27)19-10-12-20(13-11-19)24(3,4)5/h6-14,16,22H,15,25H2,1-5H3,(H,26,27)/b21-14+. The highest BCUT2D eigenvalue weighted by Crippen LogP contribution is 2.29. The molecule has 2 rings (SSSR count). The third-order valence-corrected chi connectivity index (χ3v) is 4.84. The molecule has 0 saturated heterocycles.